The zero-order valence-electron chi connectivity index (χ0n) is 14.1. The number of hydrogen-bond acceptors (Lipinski definition) is 2. The van der Waals surface area contributed by atoms with E-state index < -0.39 is 23.2 Å². The summed E-state index contributed by atoms with van der Waals surface area (Å²) in [5.74, 6) is -1.82. The van der Waals surface area contributed by atoms with Crippen molar-refractivity contribution in [1.29, 1.82) is 0 Å². The number of amides is 1. The molecule has 3 aromatic rings. The Balaban J connectivity index is 1.59. The summed E-state index contributed by atoms with van der Waals surface area (Å²) in [6.45, 7) is 1.68. The maximum Gasteiger partial charge on any atom is 0.262 e. The zero-order valence-corrected chi connectivity index (χ0v) is 14.1. The Labute approximate surface area is 150 Å². The first kappa shape index (κ1) is 17.6. The number of ether oxygens (including phenoxy) is 1. The van der Waals surface area contributed by atoms with Crippen molar-refractivity contribution in [2.24, 2.45) is 0 Å². The van der Waals surface area contributed by atoms with E-state index in [1.807, 2.05) is 43.3 Å². The highest BCUT2D eigenvalue weighted by Crippen LogP contribution is 2.23. The van der Waals surface area contributed by atoms with E-state index >= 15 is 0 Å². The lowest BCUT2D eigenvalue weighted by Crippen LogP contribution is -2.21. The summed E-state index contributed by atoms with van der Waals surface area (Å²) >= 11 is 0. The number of hydrogen-bond donors (Lipinski definition) is 1. The quantitative estimate of drug-likeness (QED) is 0.704. The average molecular weight is 353 g/mol. The van der Waals surface area contributed by atoms with Crippen LogP contribution in [0.3, 0.4) is 0 Å². The zero-order chi connectivity index (χ0) is 18.5. The highest BCUT2D eigenvalue weighted by molar-refractivity contribution is 5.92. The third-order valence-electron chi connectivity index (χ3n) is 3.84. The molecule has 1 amide bonds. The van der Waals surface area contributed by atoms with Gasteiger partial charge >= 0.3 is 0 Å². The third-order valence-corrected chi connectivity index (χ3v) is 3.84. The minimum Gasteiger partial charge on any atom is -0.484 e. The molecule has 5 heteroatoms. The van der Waals surface area contributed by atoms with E-state index in [-0.39, 0.29) is 6.61 Å². The van der Waals surface area contributed by atoms with Crippen molar-refractivity contribution in [3.63, 3.8) is 0 Å². The summed E-state index contributed by atoms with van der Waals surface area (Å²) in [7, 11) is 0. The predicted octanol–water partition coefficient (Wildman–Crippen LogP) is 4.96. The van der Waals surface area contributed by atoms with Crippen molar-refractivity contribution in [1.82, 2.24) is 0 Å². The van der Waals surface area contributed by atoms with Gasteiger partial charge in [0.1, 0.15) is 23.1 Å². The molecule has 0 radical (unpaired) electrons. The monoisotopic (exact) mass is 353 g/mol. The molecule has 132 valence electrons. The standard InChI is InChI=1S/C21H17F2NO2/c1-14-5-7-15(8-6-14)16-9-11-17(12-10-16)26-13-20(25)24-21-18(22)3-2-4-19(21)23/h2-12H,13H2,1H3,(H,24,25). The predicted molar refractivity (Wildman–Crippen MR) is 97.1 cm³/mol. The van der Waals surface area contributed by atoms with Crippen molar-refractivity contribution in [3.8, 4) is 16.9 Å². The number of carbonyl (C=O) groups is 1. The second-order valence-corrected chi connectivity index (χ2v) is 5.82. The van der Waals surface area contributed by atoms with Gasteiger partial charge < -0.3 is 10.1 Å². The fourth-order valence-corrected chi connectivity index (χ4v) is 2.43. The van der Waals surface area contributed by atoms with Gasteiger partial charge in [-0.3, -0.25) is 4.79 Å². The van der Waals surface area contributed by atoms with Crippen LogP contribution in [0.4, 0.5) is 14.5 Å². The summed E-state index contributed by atoms with van der Waals surface area (Å²) in [5, 5.41) is 2.18. The Hall–Kier alpha value is -3.21. The van der Waals surface area contributed by atoms with Gasteiger partial charge in [0, 0.05) is 0 Å². The van der Waals surface area contributed by atoms with Gasteiger partial charge in [-0.15, -0.1) is 0 Å². The summed E-state index contributed by atoms with van der Waals surface area (Å²) < 4.78 is 32.4. The lowest BCUT2D eigenvalue weighted by molar-refractivity contribution is -0.118. The number of carbonyl (C=O) groups excluding carboxylic acids is 1. The largest absolute Gasteiger partial charge is 0.484 e. The van der Waals surface area contributed by atoms with Crippen LogP contribution in [0.15, 0.2) is 66.7 Å². The first-order valence-corrected chi connectivity index (χ1v) is 8.07. The van der Waals surface area contributed by atoms with Crippen molar-refractivity contribution < 1.29 is 18.3 Å². The molecule has 0 spiro atoms. The number of anilines is 1. The fourth-order valence-electron chi connectivity index (χ4n) is 2.43. The lowest BCUT2D eigenvalue weighted by atomic mass is 10.0. The van der Waals surface area contributed by atoms with Gasteiger partial charge in [-0.05, 0) is 42.3 Å². The van der Waals surface area contributed by atoms with Crippen LogP contribution in [0.2, 0.25) is 0 Å². The number of para-hydroxylation sites is 1. The van der Waals surface area contributed by atoms with Gasteiger partial charge in [0.05, 0.1) is 0 Å². The molecule has 3 rings (SSSR count). The van der Waals surface area contributed by atoms with Crippen LogP contribution in [-0.2, 0) is 4.79 Å². The molecule has 3 aromatic carbocycles. The SMILES string of the molecule is Cc1ccc(-c2ccc(OCC(=O)Nc3c(F)cccc3F)cc2)cc1. The van der Waals surface area contributed by atoms with Gasteiger partial charge in [-0.25, -0.2) is 8.78 Å². The van der Waals surface area contributed by atoms with Crippen LogP contribution in [0, 0.1) is 18.6 Å². The van der Waals surface area contributed by atoms with E-state index in [1.54, 1.807) is 12.1 Å². The summed E-state index contributed by atoms with van der Waals surface area (Å²) in [4.78, 5) is 11.8. The summed E-state index contributed by atoms with van der Waals surface area (Å²) in [6, 6.07) is 18.8. The van der Waals surface area contributed by atoms with Crippen LogP contribution in [0.1, 0.15) is 5.56 Å². The molecule has 3 nitrogen and oxygen atoms in total. The number of halogens is 2. The molecule has 0 saturated heterocycles. The van der Waals surface area contributed by atoms with E-state index in [0.717, 1.165) is 23.3 Å². The van der Waals surface area contributed by atoms with Gasteiger partial charge in [0.15, 0.2) is 6.61 Å². The first-order valence-electron chi connectivity index (χ1n) is 8.07. The Morgan fingerprint density at radius 2 is 1.42 bits per heavy atom. The third kappa shape index (κ3) is 4.25. The summed E-state index contributed by atoms with van der Waals surface area (Å²) in [5.41, 5.74) is 2.81. The Kier molecular flexibility index (Phi) is 5.27. The highest BCUT2D eigenvalue weighted by atomic mass is 19.1. The smallest absolute Gasteiger partial charge is 0.262 e. The summed E-state index contributed by atoms with van der Waals surface area (Å²) in [6.07, 6.45) is 0. The normalized spacial score (nSPS) is 10.4. The van der Waals surface area contributed by atoms with Crippen LogP contribution in [0.5, 0.6) is 5.75 Å². The van der Waals surface area contributed by atoms with Crippen LogP contribution < -0.4 is 10.1 Å². The Bertz CT molecular complexity index is 886. The molecule has 1 N–H and O–H groups in total. The van der Waals surface area contributed by atoms with Gasteiger partial charge in [0.2, 0.25) is 0 Å². The molecule has 0 heterocycles. The van der Waals surface area contributed by atoms with Crippen LogP contribution in [-0.4, -0.2) is 12.5 Å². The maximum atomic E-state index is 13.5. The molecule has 0 saturated carbocycles. The van der Waals surface area contributed by atoms with E-state index in [4.69, 9.17) is 4.74 Å². The average Bonchev–Trinajstić information content (AvgIpc) is 2.64. The molecule has 0 bridgehead atoms. The van der Waals surface area contributed by atoms with Gasteiger partial charge in [-0.1, -0.05) is 48.0 Å². The highest BCUT2D eigenvalue weighted by Gasteiger charge is 2.12. The number of rotatable bonds is 5. The van der Waals surface area contributed by atoms with Gasteiger partial charge in [0.25, 0.3) is 5.91 Å². The van der Waals surface area contributed by atoms with Crippen molar-refractivity contribution in [2.45, 2.75) is 6.92 Å². The molecule has 0 aliphatic rings. The number of nitrogens with one attached hydrogen (secondary N) is 1. The topological polar surface area (TPSA) is 38.3 Å². The van der Waals surface area contributed by atoms with E-state index in [1.165, 1.54) is 11.6 Å². The Morgan fingerprint density at radius 3 is 2.00 bits per heavy atom. The van der Waals surface area contributed by atoms with E-state index in [0.29, 0.717) is 5.75 Å². The van der Waals surface area contributed by atoms with E-state index in [9.17, 15) is 13.6 Å². The fraction of sp³-hybridized carbons (Fsp3) is 0.0952. The maximum absolute atomic E-state index is 13.5. The van der Waals surface area contributed by atoms with Crippen LogP contribution >= 0.6 is 0 Å². The molecule has 0 atom stereocenters. The van der Waals surface area contributed by atoms with Crippen molar-refractivity contribution >= 4 is 11.6 Å². The molecule has 0 aliphatic heterocycles. The van der Waals surface area contributed by atoms with E-state index in [2.05, 4.69) is 5.32 Å². The lowest BCUT2D eigenvalue weighted by Gasteiger charge is -2.09. The van der Waals surface area contributed by atoms with Crippen molar-refractivity contribution in [2.75, 3.05) is 11.9 Å². The minimum atomic E-state index is -0.833. The molecule has 0 aromatic heterocycles. The number of benzene rings is 3. The second kappa shape index (κ2) is 7.78. The number of aryl methyl sites for hydroxylation is 1. The molecule has 0 aliphatic carbocycles. The minimum absolute atomic E-state index is 0.350. The molecule has 26 heavy (non-hydrogen) atoms. The van der Waals surface area contributed by atoms with Gasteiger partial charge in [-0.2, -0.15) is 0 Å². The molecule has 0 fully saturated rings. The van der Waals surface area contributed by atoms with Crippen LogP contribution in [0.25, 0.3) is 11.1 Å². The molecular weight excluding hydrogens is 336 g/mol. The first-order chi connectivity index (χ1) is 12.5. The molecule has 0 unspecified atom stereocenters. The van der Waals surface area contributed by atoms with Crippen molar-refractivity contribution in [3.05, 3.63) is 83.9 Å². The molecular formula is C21H17F2NO2. The Morgan fingerprint density at radius 1 is 0.885 bits per heavy atom. The second-order valence-electron chi connectivity index (χ2n) is 5.82.